The van der Waals surface area contributed by atoms with E-state index in [2.05, 4.69) is 25.8 Å². The number of anilines is 1. The van der Waals surface area contributed by atoms with E-state index in [4.69, 9.17) is 0 Å². The number of hydrogen-bond acceptors (Lipinski definition) is 6. The van der Waals surface area contributed by atoms with Crippen LogP contribution in [0.15, 0.2) is 5.38 Å². The molecule has 1 aromatic heterocycles. The van der Waals surface area contributed by atoms with Gasteiger partial charge in [-0.2, -0.15) is 0 Å². The molecule has 3 N–H and O–H groups in total. The van der Waals surface area contributed by atoms with Crippen LogP contribution in [0.25, 0.3) is 0 Å². The van der Waals surface area contributed by atoms with Crippen LogP contribution in [0.4, 0.5) is 5.13 Å². The zero-order valence-corrected chi connectivity index (χ0v) is 16.8. The fourth-order valence-electron chi connectivity index (χ4n) is 3.51. The molecular formula is C17H28ClN5O2S. The zero-order valence-electron chi connectivity index (χ0n) is 15.1. The molecule has 2 aliphatic rings. The number of likely N-dealkylation sites (tertiary alicyclic amines) is 1. The lowest BCUT2D eigenvalue weighted by molar-refractivity contribution is -0.123. The largest absolute Gasteiger partial charge is 0.354 e. The number of carbonyl (C=O) groups excluding carboxylic acids is 2. The molecule has 2 atom stereocenters. The van der Waals surface area contributed by atoms with Crippen LogP contribution < -0.4 is 16.0 Å². The van der Waals surface area contributed by atoms with Crippen LogP contribution in [0.1, 0.15) is 31.4 Å². The van der Waals surface area contributed by atoms with Gasteiger partial charge in [-0.1, -0.05) is 0 Å². The molecule has 2 fully saturated rings. The van der Waals surface area contributed by atoms with Crippen LogP contribution in [-0.4, -0.2) is 60.5 Å². The number of nitrogens with zero attached hydrogens (tertiary/aromatic N) is 2. The number of aryl methyl sites for hydroxylation is 1. The highest BCUT2D eigenvalue weighted by atomic mass is 35.5. The van der Waals surface area contributed by atoms with Crippen molar-refractivity contribution in [1.29, 1.82) is 0 Å². The van der Waals surface area contributed by atoms with Gasteiger partial charge in [0, 0.05) is 18.5 Å². The van der Waals surface area contributed by atoms with Gasteiger partial charge in [0.05, 0.1) is 18.3 Å². The second-order valence-corrected chi connectivity index (χ2v) is 7.84. The fourth-order valence-corrected chi connectivity index (χ4v) is 4.22. The van der Waals surface area contributed by atoms with Crippen LogP contribution in [0.5, 0.6) is 0 Å². The van der Waals surface area contributed by atoms with Crippen molar-refractivity contribution < 1.29 is 9.59 Å². The molecule has 146 valence electrons. The third-order valence-electron chi connectivity index (χ3n) is 4.78. The summed E-state index contributed by atoms with van der Waals surface area (Å²) in [5.41, 5.74) is 0.922. The summed E-state index contributed by atoms with van der Waals surface area (Å²) in [5, 5.41) is 11.7. The molecule has 0 aliphatic carbocycles. The van der Waals surface area contributed by atoms with Gasteiger partial charge in [-0.25, -0.2) is 4.98 Å². The lowest BCUT2D eigenvalue weighted by atomic mass is 9.98. The van der Waals surface area contributed by atoms with Crippen LogP contribution in [0, 0.1) is 12.8 Å². The number of carbonyl (C=O) groups is 2. The molecule has 9 heteroatoms. The number of amides is 2. The molecule has 0 spiro atoms. The lowest BCUT2D eigenvalue weighted by Crippen LogP contribution is -2.46. The van der Waals surface area contributed by atoms with Crippen LogP contribution in [0.2, 0.25) is 0 Å². The monoisotopic (exact) mass is 401 g/mol. The van der Waals surface area contributed by atoms with E-state index in [-0.39, 0.29) is 30.3 Å². The van der Waals surface area contributed by atoms with Crippen molar-refractivity contribution in [3.05, 3.63) is 11.1 Å². The minimum Gasteiger partial charge on any atom is -0.354 e. The quantitative estimate of drug-likeness (QED) is 0.670. The van der Waals surface area contributed by atoms with E-state index in [0.717, 1.165) is 51.0 Å². The predicted molar refractivity (Wildman–Crippen MR) is 106 cm³/mol. The van der Waals surface area contributed by atoms with Crippen molar-refractivity contribution in [2.75, 3.05) is 38.0 Å². The maximum atomic E-state index is 12.2. The number of rotatable bonds is 6. The fraction of sp³-hybridized carbons (Fsp3) is 0.706. The summed E-state index contributed by atoms with van der Waals surface area (Å²) < 4.78 is 0. The van der Waals surface area contributed by atoms with E-state index in [9.17, 15) is 9.59 Å². The Bertz CT molecular complexity index is 606. The van der Waals surface area contributed by atoms with Gasteiger partial charge in [0.1, 0.15) is 0 Å². The maximum Gasteiger partial charge on any atom is 0.240 e. The van der Waals surface area contributed by atoms with Gasteiger partial charge in [0.2, 0.25) is 11.8 Å². The highest BCUT2D eigenvalue weighted by Crippen LogP contribution is 2.17. The van der Waals surface area contributed by atoms with Gasteiger partial charge in [-0.15, -0.1) is 23.7 Å². The number of halogens is 1. The molecule has 0 bridgehead atoms. The summed E-state index contributed by atoms with van der Waals surface area (Å²) in [6.45, 7) is 5.70. The number of hydrogen-bond donors (Lipinski definition) is 3. The summed E-state index contributed by atoms with van der Waals surface area (Å²) in [6.07, 6.45) is 4.16. The number of thiazole rings is 1. The summed E-state index contributed by atoms with van der Waals surface area (Å²) in [4.78, 5) is 30.7. The van der Waals surface area contributed by atoms with Crippen molar-refractivity contribution in [2.45, 2.75) is 38.6 Å². The number of nitrogens with one attached hydrogen (secondary N) is 3. The second-order valence-electron chi connectivity index (χ2n) is 6.98. The third-order valence-corrected chi connectivity index (χ3v) is 5.65. The molecule has 2 unspecified atom stereocenters. The first-order valence-corrected chi connectivity index (χ1v) is 9.93. The highest BCUT2D eigenvalue weighted by molar-refractivity contribution is 7.13. The van der Waals surface area contributed by atoms with E-state index in [1.807, 2.05) is 12.3 Å². The molecule has 2 amide bonds. The van der Waals surface area contributed by atoms with E-state index in [1.165, 1.54) is 11.3 Å². The standard InChI is InChI=1S/C17H27N5O2S.ClH/c1-12-11-25-17(20-12)21-15(23)10-22-7-3-4-13(9-22)8-19-16(24)14-5-2-6-18-14;/h11,13-14,18H,2-10H2,1H3,(H,19,24)(H,20,21,23);1H. The Balaban J connectivity index is 0.00000243. The Hall–Kier alpha value is -1.22. The average Bonchev–Trinajstić information content (AvgIpc) is 3.25. The number of aromatic nitrogens is 1. The summed E-state index contributed by atoms with van der Waals surface area (Å²) in [5.74, 6) is 0.509. The molecule has 0 radical (unpaired) electrons. The summed E-state index contributed by atoms with van der Waals surface area (Å²) in [6, 6.07) is -0.0211. The Labute approximate surface area is 164 Å². The molecule has 1 aromatic rings. The molecule has 2 aliphatic heterocycles. The minimum absolute atomic E-state index is 0. The van der Waals surface area contributed by atoms with E-state index in [1.54, 1.807) is 0 Å². The number of piperidine rings is 1. The topological polar surface area (TPSA) is 86.4 Å². The van der Waals surface area contributed by atoms with Gasteiger partial charge in [0.15, 0.2) is 5.13 Å². The Morgan fingerprint density at radius 2 is 2.23 bits per heavy atom. The Kier molecular flexibility index (Phi) is 8.27. The van der Waals surface area contributed by atoms with E-state index < -0.39 is 0 Å². The molecule has 0 saturated carbocycles. The summed E-state index contributed by atoms with van der Waals surface area (Å²) in [7, 11) is 0. The first-order chi connectivity index (χ1) is 12.1. The van der Waals surface area contributed by atoms with Gasteiger partial charge < -0.3 is 16.0 Å². The maximum absolute atomic E-state index is 12.2. The van der Waals surface area contributed by atoms with Crippen molar-refractivity contribution in [3.8, 4) is 0 Å². The smallest absolute Gasteiger partial charge is 0.240 e. The van der Waals surface area contributed by atoms with Crippen molar-refractivity contribution in [3.63, 3.8) is 0 Å². The SMILES string of the molecule is Cc1csc(NC(=O)CN2CCCC(CNC(=O)C3CCCN3)C2)n1.Cl. The molecular weight excluding hydrogens is 374 g/mol. The van der Waals surface area contributed by atoms with Gasteiger partial charge in [0.25, 0.3) is 0 Å². The van der Waals surface area contributed by atoms with Gasteiger partial charge >= 0.3 is 0 Å². The Morgan fingerprint density at radius 3 is 2.92 bits per heavy atom. The zero-order chi connectivity index (χ0) is 17.6. The average molecular weight is 402 g/mol. The second kappa shape index (κ2) is 10.2. The normalized spacial score (nSPS) is 23.3. The third kappa shape index (κ3) is 6.19. The van der Waals surface area contributed by atoms with E-state index >= 15 is 0 Å². The first-order valence-electron chi connectivity index (χ1n) is 9.05. The van der Waals surface area contributed by atoms with Gasteiger partial charge in [-0.3, -0.25) is 14.5 Å². The lowest BCUT2D eigenvalue weighted by Gasteiger charge is -2.32. The first kappa shape index (κ1) is 21.1. The van der Waals surface area contributed by atoms with Crippen LogP contribution >= 0.6 is 23.7 Å². The molecule has 0 aromatic carbocycles. The highest BCUT2D eigenvalue weighted by Gasteiger charge is 2.25. The van der Waals surface area contributed by atoms with Crippen LogP contribution in [-0.2, 0) is 9.59 Å². The molecule has 3 heterocycles. The summed E-state index contributed by atoms with van der Waals surface area (Å²) >= 11 is 1.45. The molecule has 26 heavy (non-hydrogen) atoms. The predicted octanol–water partition coefficient (Wildman–Crippen LogP) is 1.39. The minimum atomic E-state index is -0.0211. The molecule has 7 nitrogen and oxygen atoms in total. The van der Waals surface area contributed by atoms with E-state index in [0.29, 0.717) is 24.1 Å². The van der Waals surface area contributed by atoms with Crippen molar-refractivity contribution in [2.24, 2.45) is 5.92 Å². The van der Waals surface area contributed by atoms with Crippen molar-refractivity contribution in [1.82, 2.24) is 20.5 Å². The Morgan fingerprint density at radius 1 is 1.38 bits per heavy atom. The molecule has 3 rings (SSSR count). The molecule has 2 saturated heterocycles. The van der Waals surface area contributed by atoms with Gasteiger partial charge in [-0.05, 0) is 51.6 Å². The van der Waals surface area contributed by atoms with Crippen LogP contribution in [0.3, 0.4) is 0 Å². The van der Waals surface area contributed by atoms with Crippen molar-refractivity contribution >= 4 is 40.7 Å².